The first kappa shape index (κ1) is 8.38. The normalized spacial score (nSPS) is 20.0. The van der Waals surface area contributed by atoms with Crippen molar-refractivity contribution in [1.29, 1.82) is 0 Å². The second kappa shape index (κ2) is 3.33. The molecule has 3 rings (SSSR count). The molecule has 2 aliphatic rings. The number of hydrogen-bond acceptors (Lipinski definition) is 4. The van der Waals surface area contributed by atoms with Crippen molar-refractivity contribution in [3.63, 3.8) is 0 Å². The van der Waals surface area contributed by atoms with Crippen molar-refractivity contribution in [2.75, 3.05) is 0 Å². The Balaban J connectivity index is 2.06. The Hall–Kier alpha value is -0.940. The molecule has 4 nitrogen and oxygen atoms in total. The zero-order chi connectivity index (χ0) is 9.38. The van der Waals surface area contributed by atoms with Crippen LogP contribution in [0.2, 0.25) is 0 Å². The van der Waals surface area contributed by atoms with Crippen LogP contribution >= 0.6 is 0 Å². The van der Waals surface area contributed by atoms with Gasteiger partial charge in [0.2, 0.25) is 0 Å². The van der Waals surface area contributed by atoms with Gasteiger partial charge in [-0.1, -0.05) is 12.1 Å². The highest BCUT2D eigenvalue weighted by atomic mass is 17.2. The Morgan fingerprint density at radius 1 is 0.571 bits per heavy atom. The molecule has 0 aromatic heterocycles. The van der Waals surface area contributed by atoms with Crippen LogP contribution in [0.5, 0.6) is 0 Å². The number of benzene rings is 1. The second-order valence-corrected chi connectivity index (χ2v) is 3.44. The Kier molecular flexibility index (Phi) is 1.99. The van der Waals surface area contributed by atoms with Crippen LogP contribution in [0.1, 0.15) is 22.3 Å². The van der Waals surface area contributed by atoms with E-state index >= 15 is 0 Å². The molecule has 0 spiro atoms. The average Bonchev–Trinajstić information content (AvgIpc) is 2.26. The van der Waals surface area contributed by atoms with E-state index in [0.717, 1.165) is 0 Å². The molecule has 0 amide bonds. The first-order valence-electron chi connectivity index (χ1n) is 4.56. The molecular formula is C10H10O4. The van der Waals surface area contributed by atoms with Crippen molar-refractivity contribution in [3.8, 4) is 0 Å². The van der Waals surface area contributed by atoms with Crippen LogP contribution in [0.3, 0.4) is 0 Å². The summed E-state index contributed by atoms with van der Waals surface area (Å²) in [6, 6.07) is 4.21. The van der Waals surface area contributed by atoms with Crippen molar-refractivity contribution in [2.24, 2.45) is 0 Å². The second-order valence-electron chi connectivity index (χ2n) is 3.44. The van der Waals surface area contributed by atoms with E-state index in [2.05, 4.69) is 12.1 Å². The van der Waals surface area contributed by atoms with E-state index in [9.17, 15) is 0 Å². The van der Waals surface area contributed by atoms with Crippen LogP contribution in [-0.2, 0) is 46.0 Å². The summed E-state index contributed by atoms with van der Waals surface area (Å²) < 4.78 is 0. The molecule has 2 aliphatic heterocycles. The fourth-order valence-electron chi connectivity index (χ4n) is 1.75. The molecule has 0 atom stereocenters. The van der Waals surface area contributed by atoms with Crippen LogP contribution in [0, 0.1) is 0 Å². The molecule has 74 valence electrons. The number of rotatable bonds is 0. The zero-order valence-corrected chi connectivity index (χ0v) is 7.62. The van der Waals surface area contributed by atoms with Crippen LogP contribution in [0.15, 0.2) is 12.1 Å². The van der Waals surface area contributed by atoms with Gasteiger partial charge in [-0.15, -0.1) is 0 Å². The van der Waals surface area contributed by atoms with Gasteiger partial charge in [0.1, 0.15) is 26.4 Å². The lowest BCUT2D eigenvalue weighted by Crippen LogP contribution is -2.13. The lowest BCUT2D eigenvalue weighted by Gasteiger charge is -2.21. The van der Waals surface area contributed by atoms with Crippen molar-refractivity contribution in [2.45, 2.75) is 26.4 Å². The molecule has 1 aromatic rings. The van der Waals surface area contributed by atoms with Gasteiger partial charge in [0.15, 0.2) is 0 Å². The van der Waals surface area contributed by atoms with Crippen molar-refractivity contribution >= 4 is 0 Å². The standard InChI is InChI=1S/C10H10O4/c1-7-3-11-13-5-9(7)2-10-6-14-12-4-8(1)10/h1-2H,3-6H2. The van der Waals surface area contributed by atoms with E-state index in [-0.39, 0.29) is 0 Å². The Bertz CT molecular complexity index is 295. The fraction of sp³-hybridized carbons (Fsp3) is 0.400. The lowest BCUT2D eigenvalue weighted by atomic mass is 9.99. The van der Waals surface area contributed by atoms with E-state index in [0.29, 0.717) is 26.4 Å². The predicted octanol–water partition coefficient (Wildman–Crippen LogP) is 1.61. The summed E-state index contributed by atoms with van der Waals surface area (Å²) in [6.45, 7) is 2.07. The van der Waals surface area contributed by atoms with Gasteiger partial charge < -0.3 is 0 Å². The fourth-order valence-corrected chi connectivity index (χ4v) is 1.75. The zero-order valence-electron chi connectivity index (χ0n) is 7.62. The SMILES string of the molecule is c1c2c(cc3c1COOC3)COOC2. The highest BCUT2D eigenvalue weighted by molar-refractivity contribution is 5.38. The molecule has 0 unspecified atom stereocenters. The van der Waals surface area contributed by atoms with Crippen LogP contribution in [0.4, 0.5) is 0 Å². The number of fused-ring (bicyclic) bond motifs is 2. The lowest BCUT2D eigenvalue weighted by molar-refractivity contribution is -0.325. The molecule has 0 radical (unpaired) electrons. The maximum atomic E-state index is 4.91. The summed E-state index contributed by atoms with van der Waals surface area (Å²) in [7, 11) is 0. The van der Waals surface area contributed by atoms with E-state index in [1.807, 2.05) is 0 Å². The van der Waals surface area contributed by atoms with E-state index in [1.54, 1.807) is 0 Å². The van der Waals surface area contributed by atoms with Crippen LogP contribution in [0.25, 0.3) is 0 Å². The summed E-state index contributed by atoms with van der Waals surface area (Å²) >= 11 is 0. The minimum absolute atomic E-state index is 0.517. The molecule has 0 fully saturated rings. The van der Waals surface area contributed by atoms with Gasteiger partial charge in [-0.05, 0) is 22.3 Å². The summed E-state index contributed by atoms with van der Waals surface area (Å²) in [6.07, 6.45) is 0. The summed E-state index contributed by atoms with van der Waals surface area (Å²) in [5.74, 6) is 0. The molecule has 0 saturated heterocycles. The molecule has 0 aliphatic carbocycles. The molecule has 14 heavy (non-hydrogen) atoms. The van der Waals surface area contributed by atoms with Gasteiger partial charge in [0, 0.05) is 0 Å². The maximum Gasteiger partial charge on any atom is 0.108 e. The van der Waals surface area contributed by atoms with Crippen molar-refractivity contribution in [1.82, 2.24) is 0 Å². The van der Waals surface area contributed by atoms with Gasteiger partial charge in [-0.2, -0.15) is 0 Å². The smallest absolute Gasteiger partial charge is 0.108 e. The highest BCUT2D eigenvalue weighted by Gasteiger charge is 2.17. The molecule has 0 saturated carbocycles. The monoisotopic (exact) mass is 194 g/mol. The molecule has 2 heterocycles. The van der Waals surface area contributed by atoms with E-state index in [1.165, 1.54) is 22.3 Å². The first-order valence-corrected chi connectivity index (χ1v) is 4.56. The maximum absolute atomic E-state index is 4.91. The topological polar surface area (TPSA) is 36.9 Å². The van der Waals surface area contributed by atoms with E-state index in [4.69, 9.17) is 19.6 Å². The molecular weight excluding hydrogens is 184 g/mol. The van der Waals surface area contributed by atoms with Crippen molar-refractivity contribution < 1.29 is 19.6 Å². The Labute approximate surface area is 81.2 Å². The molecule has 0 bridgehead atoms. The number of hydrogen-bond donors (Lipinski definition) is 0. The minimum Gasteiger partial charge on any atom is -0.232 e. The third-order valence-corrected chi connectivity index (χ3v) is 2.55. The summed E-state index contributed by atoms with van der Waals surface area (Å²) in [4.78, 5) is 19.7. The van der Waals surface area contributed by atoms with Crippen LogP contribution < -0.4 is 0 Å². The molecule has 0 N–H and O–H groups in total. The van der Waals surface area contributed by atoms with Gasteiger partial charge >= 0.3 is 0 Å². The average molecular weight is 194 g/mol. The van der Waals surface area contributed by atoms with E-state index < -0.39 is 0 Å². The van der Waals surface area contributed by atoms with Gasteiger partial charge in [0.25, 0.3) is 0 Å². The third kappa shape index (κ3) is 1.33. The molecule has 1 aromatic carbocycles. The van der Waals surface area contributed by atoms with Gasteiger partial charge in [0.05, 0.1) is 0 Å². The molecule has 4 heteroatoms. The van der Waals surface area contributed by atoms with Crippen molar-refractivity contribution in [3.05, 3.63) is 34.4 Å². The third-order valence-electron chi connectivity index (χ3n) is 2.55. The quantitative estimate of drug-likeness (QED) is 0.588. The first-order chi connectivity index (χ1) is 6.93. The van der Waals surface area contributed by atoms with Gasteiger partial charge in [-0.25, -0.2) is 19.6 Å². The van der Waals surface area contributed by atoms with Gasteiger partial charge in [-0.3, -0.25) is 0 Å². The Morgan fingerprint density at radius 2 is 0.857 bits per heavy atom. The largest absolute Gasteiger partial charge is 0.232 e. The van der Waals surface area contributed by atoms with Crippen LogP contribution in [-0.4, -0.2) is 0 Å². The summed E-state index contributed by atoms with van der Waals surface area (Å²) in [5, 5.41) is 0. The predicted molar refractivity (Wildman–Crippen MR) is 45.6 cm³/mol. The highest BCUT2D eigenvalue weighted by Crippen LogP contribution is 2.25. The summed E-state index contributed by atoms with van der Waals surface area (Å²) in [5.41, 5.74) is 4.72. The minimum atomic E-state index is 0.517. The Morgan fingerprint density at radius 3 is 1.14 bits per heavy atom.